The number of amides is 1. The average Bonchev–Trinajstić information content (AvgIpc) is 3.25. The maximum Gasteiger partial charge on any atom is 0.387 e. The zero-order valence-electron chi connectivity index (χ0n) is 15.3. The van der Waals surface area contributed by atoms with E-state index in [-0.39, 0.29) is 21.8 Å². The van der Waals surface area contributed by atoms with Gasteiger partial charge < -0.3 is 4.74 Å². The Morgan fingerprint density at radius 3 is 2.59 bits per heavy atom. The molecule has 3 rings (SSSR count). The summed E-state index contributed by atoms with van der Waals surface area (Å²) in [6.07, 6.45) is 2.79. The predicted octanol–water partition coefficient (Wildman–Crippen LogP) is 2.84. The molecule has 0 radical (unpaired) electrons. The zero-order valence-corrected chi connectivity index (χ0v) is 16.1. The van der Waals surface area contributed by atoms with E-state index in [1.165, 1.54) is 53.0 Å². The minimum atomic E-state index is -3.65. The van der Waals surface area contributed by atoms with Crippen LogP contribution in [0.25, 0.3) is 0 Å². The highest BCUT2D eigenvalue weighted by molar-refractivity contribution is 7.89. The lowest BCUT2D eigenvalue weighted by Crippen LogP contribution is -2.28. The number of carbonyl (C=O) groups is 1. The van der Waals surface area contributed by atoms with Crippen molar-refractivity contribution in [3.05, 3.63) is 59.7 Å². The summed E-state index contributed by atoms with van der Waals surface area (Å²) in [5.74, 6) is -0.716. The molecule has 1 N–H and O–H groups in total. The first-order valence-corrected chi connectivity index (χ1v) is 10.3. The van der Waals surface area contributed by atoms with Gasteiger partial charge in [0.25, 0.3) is 5.91 Å². The van der Waals surface area contributed by atoms with Gasteiger partial charge in [0, 0.05) is 24.2 Å². The fourth-order valence-corrected chi connectivity index (χ4v) is 4.45. The largest absolute Gasteiger partial charge is 0.434 e. The number of rotatable bonds is 7. The number of hydrazone groups is 1. The predicted molar refractivity (Wildman–Crippen MR) is 103 cm³/mol. The highest BCUT2D eigenvalue weighted by Crippen LogP contribution is 2.22. The van der Waals surface area contributed by atoms with Crippen LogP contribution >= 0.6 is 0 Å². The minimum absolute atomic E-state index is 0.0340. The highest BCUT2D eigenvalue weighted by atomic mass is 32.2. The summed E-state index contributed by atoms with van der Waals surface area (Å²) >= 11 is 0. The molecule has 0 atom stereocenters. The Morgan fingerprint density at radius 2 is 1.86 bits per heavy atom. The number of benzene rings is 2. The van der Waals surface area contributed by atoms with Crippen LogP contribution in [0.2, 0.25) is 0 Å². The van der Waals surface area contributed by atoms with Crippen molar-refractivity contribution >= 4 is 22.1 Å². The summed E-state index contributed by atoms with van der Waals surface area (Å²) in [7, 11) is -3.65. The zero-order chi connectivity index (χ0) is 20.9. The lowest BCUT2D eigenvalue weighted by Gasteiger charge is -2.15. The summed E-state index contributed by atoms with van der Waals surface area (Å²) in [5.41, 5.74) is 2.61. The Labute approximate surface area is 167 Å². The van der Waals surface area contributed by atoms with E-state index >= 15 is 0 Å². The quantitative estimate of drug-likeness (QED) is 0.548. The van der Waals surface area contributed by atoms with E-state index in [1.54, 1.807) is 6.07 Å². The smallest absolute Gasteiger partial charge is 0.387 e. The van der Waals surface area contributed by atoms with Gasteiger partial charge in [-0.25, -0.2) is 13.8 Å². The monoisotopic (exact) mass is 423 g/mol. The molecule has 1 aliphatic heterocycles. The SMILES string of the molecule is O=C(NN=Cc1ccccc1OC(F)F)c1cccc(S(=O)(=O)N2CCCC2)c1. The van der Waals surface area contributed by atoms with Gasteiger partial charge in [-0.1, -0.05) is 18.2 Å². The number of nitrogens with zero attached hydrogens (tertiary/aromatic N) is 2. The van der Waals surface area contributed by atoms with Gasteiger partial charge in [0.15, 0.2) is 0 Å². The van der Waals surface area contributed by atoms with Crippen molar-refractivity contribution in [2.45, 2.75) is 24.3 Å². The third kappa shape index (κ3) is 5.15. The molecule has 1 heterocycles. The molecule has 0 unspecified atom stereocenters. The summed E-state index contributed by atoms with van der Waals surface area (Å²) in [4.78, 5) is 12.3. The van der Waals surface area contributed by atoms with Crippen LogP contribution in [0, 0.1) is 0 Å². The van der Waals surface area contributed by atoms with Crippen LogP contribution < -0.4 is 10.2 Å². The van der Waals surface area contributed by atoms with Crippen molar-refractivity contribution < 1.29 is 26.7 Å². The van der Waals surface area contributed by atoms with Crippen molar-refractivity contribution in [2.75, 3.05) is 13.1 Å². The van der Waals surface area contributed by atoms with E-state index in [4.69, 9.17) is 0 Å². The number of ether oxygens (including phenoxy) is 1. The molecule has 1 aliphatic rings. The fourth-order valence-electron chi connectivity index (χ4n) is 2.89. The molecule has 0 saturated carbocycles. The number of sulfonamides is 1. The lowest BCUT2D eigenvalue weighted by atomic mass is 10.2. The summed E-state index contributed by atoms with van der Waals surface area (Å²) < 4.78 is 55.9. The van der Waals surface area contributed by atoms with Gasteiger partial charge in [-0.05, 0) is 43.2 Å². The number of hydrogen-bond acceptors (Lipinski definition) is 5. The van der Waals surface area contributed by atoms with Gasteiger partial charge >= 0.3 is 6.61 Å². The van der Waals surface area contributed by atoms with Gasteiger partial charge in [-0.2, -0.15) is 18.2 Å². The van der Waals surface area contributed by atoms with E-state index < -0.39 is 22.5 Å². The Balaban J connectivity index is 1.71. The second-order valence-electron chi connectivity index (χ2n) is 6.25. The van der Waals surface area contributed by atoms with Crippen molar-refractivity contribution in [2.24, 2.45) is 5.10 Å². The Hall–Kier alpha value is -2.85. The van der Waals surface area contributed by atoms with Crippen molar-refractivity contribution in [3.8, 4) is 5.75 Å². The molecule has 154 valence electrons. The number of carbonyl (C=O) groups excluding carboxylic acids is 1. The number of halogens is 2. The molecule has 7 nitrogen and oxygen atoms in total. The van der Waals surface area contributed by atoms with Crippen LogP contribution in [0.3, 0.4) is 0 Å². The third-order valence-corrected chi connectivity index (χ3v) is 6.20. The molecule has 29 heavy (non-hydrogen) atoms. The number of para-hydroxylation sites is 1. The van der Waals surface area contributed by atoms with E-state index in [0.29, 0.717) is 13.1 Å². The summed E-state index contributed by atoms with van der Waals surface area (Å²) in [5, 5.41) is 3.75. The van der Waals surface area contributed by atoms with Gasteiger partial charge in [0.1, 0.15) is 5.75 Å². The first-order chi connectivity index (χ1) is 13.9. The van der Waals surface area contributed by atoms with Crippen molar-refractivity contribution in [1.82, 2.24) is 9.73 Å². The lowest BCUT2D eigenvalue weighted by molar-refractivity contribution is -0.0499. The average molecular weight is 423 g/mol. The van der Waals surface area contributed by atoms with E-state index in [1.807, 2.05) is 0 Å². The van der Waals surface area contributed by atoms with Crippen molar-refractivity contribution in [1.29, 1.82) is 0 Å². The van der Waals surface area contributed by atoms with Gasteiger partial charge in [-0.3, -0.25) is 4.79 Å². The van der Waals surface area contributed by atoms with E-state index in [2.05, 4.69) is 15.3 Å². The summed E-state index contributed by atoms with van der Waals surface area (Å²) in [6.45, 7) is -2.06. The third-order valence-electron chi connectivity index (χ3n) is 4.30. The van der Waals surface area contributed by atoms with Crippen LogP contribution in [0.5, 0.6) is 5.75 Å². The molecule has 2 aromatic rings. The number of nitrogens with one attached hydrogen (secondary N) is 1. The topological polar surface area (TPSA) is 88.1 Å². The first kappa shape index (κ1) is 20.9. The van der Waals surface area contributed by atoms with Gasteiger partial charge in [0.05, 0.1) is 11.1 Å². The maximum absolute atomic E-state index is 12.6. The normalized spacial score (nSPS) is 15.1. The van der Waals surface area contributed by atoms with Crippen LogP contribution in [-0.4, -0.2) is 44.5 Å². The van der Waals surface area contributed by atoms with Crippen LogP contribution in [0.1, 0.15) is 28.8 Å². The van der Waals surface area contributed by atoms with E-state index in [0.717, 1.165) is 12.8 Å². The molecule has 2 aromatic carbocycles. The molecule has 1 fully saturated rings. The molecule has 0 aliphatic carbocycles. The maximum atomic E-state index is 12.6. The molecule has 1 amide bonds. The molecule has 0 aromatic heterocycles. The van der Waals surface area contributed by atoms with E-state index in [9.17, 15) is 22.0 Å². The molecular formula is C19H19F2N3O4S. The van der Waals surface area contributed by atoms with Crippen molar-refractivity contribution in [3.63, 3.8) is 0 Å². The number of alkyl halides is 2. The summed E-state index contributed by atoms with van der Waals surface area (Å²) in [6, 6.07) is 11.6. The van der Waals surface area contributed by atoms with Crippen LogP contribution in [0.4, 0.5) is 8.78 Å². The standard InChI is InChI=1S/C19H19F2N3O4S/c20-19(21)28-17-9-2-1-6-15(17)13-22-23-18(25)14-7-5-8-16(12-14)29(26,27)24-10-3-4-11-24/h1-2,5-9,12-13,19H,3-4,10-11H2,(H,23,25). The fraction of sp³-hybridized carbons (Fsp3) is 0.263. The molecular weight excluding hydrogens is 404 g/mol. The molecule has 10 heteroatoms. The molecule has 0 spiro atoms. The van der Waals surface area contributed by atoms with Gasteiger partial charge in [-0.15, -0.1) is 0 Å². The molecule has 1 saturated heterocycles. The second kappa shape index (κ2) is 9.10. The minimum Gasteiger partial charge on any atom is -0.434 e. The Morgan fingerprint density at radius 1 is 1.14 bits per heavy atom. The second-order valence-corrected chi connectivity index (χ2v) is 8.19. The first-order valence-electron chi connectivity index (χ1n) is 8.85. The Kier molecular flexibility index (Phi) is 6.55. The number of hydrogen-bond donors (Lipinski definition) is 1. The Bertz CT molecular complexity index is 1010. The van der Waals surface area contributed by atoms with Crippen LogP contribution in [0.15, 0.2) is 58.5 Å². The van der Waals surface area contributed by atoms with Gasteiger partial charge in [0.2, 0.25) is 10.0 Å². The highest BCUT2D eigenvalue weighted by Gasteiger charge is 2.27. The van der Waals surface area contributed by atoms with Crippen LogP contribution in [-0.2, 0) is 10.0 Å². The molecule has 0 bridgehead atoms.